The Kier molecular flexibility index (Phi) is 10.2. The smallest absolute Gasteiger partial charge is 0.223 e. The van der Waals surface area contributed by atoms with E-state index in [4.69, 9.17) is 5.84 Å². The molecule has 0 bridgehead atoms. The number of ether oxygens (including phenoxy) is 1. The van der Waals surface area contributed by atoms with Crippen molar-refractivity contribution < 1.29 is 9.53 Å². The summed E-state index contributed by atoms with van der Waals surface area (Å²) in [5, 5.41) is 1.11. The number of carbonyl (C=O) groups excluding carboxylic acids is 1. The van der Waals surface area contributed by atoms with Crippen LogP contribution >= 0.6 is 0 Å². The number of hydrogen-bond donors (Lipinski definition) is 1. The summed E-state index contributed by atoms with van der Waals surface area (Å²) in [6, 6.07) is 0.109. The molecule has 0 aromatic rings. The lowest BCUT2D eigenvalue weighted by Crippen LogP contribution is -2.35. The van der Waals surface area contributed by atoms with Crippen molar-refractivity contribution in [3.05, 3.63) is 0 Å². The Labute approximate surface area is 61.9 Å². The van der Waals surface area contributed by atoms with Gasteiger partial charge in [-0.25, -0.2) is 5.84 Å². The van der Waals surface area contributed by atoms with E-state index in [9.17, 15) is 4.79 Å². The average Bonchev–Trinajstić information content (AvgIpc) is 1.88. The molecular weight excluding hydrogens is 132 g/mol. The van der Waals surface area contributed by atoms with E-state index < -0.39 is 0 Å². The number of amides is 1. The molecule has 0 aliphatic heterocycles. The van der Waals surface area contributed by atoms with Crippen LogP contribution in [0.1, 0.15) is 13.8 Å². The standard InChI is InChI=1S/C4H10N2O.C2H6O/c1-4(2)6(5)3-7;1-3-2/h3-4H,5H2,1-2H3;1-2H3. The zero-order valence-electron chi connectivity index (χ0n) is 7.00. The monoisotopic (exact) mass is 148 g/mol. The summed E-state index contributed by atoms with van der Waals surface area (Å²) in [5.74, 6) is 5.08. The average molecular weight is 148 g/mol. The minimum atomic E-state index is 0.109. The van der Waals surface area contributed by atoms with Crippen LogP contribution in [0.3, 0.4) is 0 Å². The second kappa shape index (κ2) is 8.39. The summed E-state index contributed by atoms with van der Waals surface area (Å²) in [6.07, 6.45) is 0.602. The highest BCUT2D eigenvalue weighted by Crippen LogP contribution is 1.81. The first-order valence-electron chi connectivity index (χ1n) is 2.98. The third-order valence-corrected chi connectivity index (χ3v) is 0.718. The predicted octanol–water partition coefficient (Wildman–Crippen LogP) is -0.0105. The lowest BCUT2D eigenvalue weighted by atomic mass is 10.4. The summed E-state index contributed by atoms with van der Waals surface area (Å²) >= 11 is 0. The van der Waals surface area contributed by atoms with Crippen molar-refractivity contribution in [1.82, 2.24) is 5.01 Å². The molecule has 0 heterocycles. The zero-order chi connectivity index (χ0) is 8.57. The highest BCUT2D eigenvalue weighted by molar-refractivity contribution is 5.46. The topological polar surface area (TPSA) is 55.6 Å². The molecule has 0 rings (SSSR count). The van der Waals surface area contributed by atoms with Gasteiger partial charge in [0, 0.05) is 20.3 Å². The van der Waals surface area contributed by atoms with Crippen LogP contribution in [0.5, 0.6) is 0 Å². The van der Waals surface area contributed by atoms with E-state index in [0.29, 0.717) is 6.41 Å². The highest BCUT2D eigenvalue weighted by Gasteiger charge is 1.95. The minimum Gasteiger partial charge on any atom is -0.388 e. The lowest BCUT2D eigenvalue weighted by molar-refractivity contribution is -0.119. The molecule has 0 saturated heterocycles. The molecule has 4 nitrogen and oxygen atoms in total. The number of hydrazine groups is 1. The van der Waals surface area contributed by atoms with Gasteiger partial charge in [0.15, 0.2) is 0 Å². The maximum atomic E-state index is 9.75. The first-order valence-corrected chi connectivity index (χ1v) is 2.98. The summed E-state index contributed by atoms with van der Waals surface area (Å²) < 4.78 is 4.25. The van der Waals surface area contributed by atoms with Crippen molar-refractivity contribution in [2.45, 2.75) is 19.9 Å². The van der Waals surface area contributed by atoms with E-state index in [1.807, 2.05) is 13.8 Å². The fourth-order valence-corrected chi connectivity index (χ4v) is 0.122. The molecular formula is C6H16N2O2. The van der Waals surface area contributed by atoms with E-state index in [1.165, 1.54) is 0 Å². The highest BCUT2D eigenvalue weighted by atomic mass is 16.4. The maximum absolute atomic E-state index is 9.75. The molecule has 0 saturated carbocycles. The van der Waals surface area contributed by atoms with Gasteiger partial charge in [-0.05, 0) is 13.8 Å². The fraction of sp³-hybridized carbons (Fsp3) is 0.833. The molecule has 0 aromatic heterocycles. The van der Waals surface area contributed by atoms with Crippen LogP contribution in [-0.4, -0.2) is 31.7 Å². The molecule has 1 amide bonds. The lowest BCUT2D eigenvalue weighted by Gasteiger charge is -2.12. The molecule has 4 heteroatoms. The summed E-state index contributed by atoms with van der Waals surface area (Å²) in [5.41, 5.74) is 0. The SMILES string of the molecule is CC(C)N(N)C=O.COC. The Balaban J connectivity index is 0. The second-order valence-corrected chi connectivity index (χ2v) is 2.05. The van der Waals surface area contributed by atoms with Crippen LogP contribution in [-0.2, 0) is 9.53 Å². The van der Waals surface area contributed by atoms with Crippen molar-refractivity contribution in [2.75, 3.05) is 14.2 Å². The first kappa shape index (κ1) is 12.1. The van der Waals surface area contributed by atoms with Gasteiger partial charge < -0.3 is 4.74 Å². The summed E-state index contributed by atoms with van der Waals surface area (Å²) in [7, 11) is 3.25. The van der Waals surface area contributed by atoms with Gasteiger partial charge in [0.1, 0.15) is 0 Å². The number of nitrogens with zero attached hydrogens (tertiary/aromatic N) is 1. The molecule has 0 unspecified atom stereocenters. The van der Waals surface area contributed by atoms with Gasteiger partial charge in [-0.3, -0.25) is 9.80 Å². The van der Waals surface area contributed by atoms with Crippen molar-refractivity contribution in [1.29, 1.82) is 0 Å². The quantitative estimate of drug-likeness (QED) is 0.259. The van der Waals surface area contributed by atoms with E-state index in [1.54, 1.807) is 14.2 Å². The van der Waals surface area contributed by atoms with Gasteiger partial charge in [0.25, 0.3) is 0 Å². The van der Waals surface area contributed by atoms with Crippen molar-refractivity contribution in [2.24, 2.45) is 5.84 Å². The van der Waals surface area contributed by atoms with E-state index >= 15 is 0 Å². The number of rotatable bonds is 2. The van der Waals surface area contributed by atoms with Gasteiger partial charge >= 0.3 is 0 Å². The number of hydrogen-bond acceptors (Lipinski definition) is 3. The van der Waals surface area contributed by atoms with Crippen LogP contribution in [0.25, 0.3) is 0 Å². The second-order valence-electron chi connectivity index (χ2n) is 2.05. The van der Waals surface area contributed by atoms with Gasteiger partial charge in [0.2, 0.25) is 6.41 Å². The van der Waals surface area contributed by atoms with Crippen LogP contribution in [0.15, 0.2) is 0 Å². The Bertz CT molecular complexity index is 76.1. The van der Waals surface area contributed by atoms with Gasteiger partial charge in [-0.15, -0.1) is 0 Å². The van der Waals surface area contributed by atoms with E-state index in [-0.39, 0.29) is 6.04 Å². The molecule has 0 aromatic carbocycles. The number of methoxy groups -OCH3 is 1. The molecule has 0 aliphatic carbocycles. The molecule has 0 fully saturated rings. The van der Waals surface area contributed by atoms with Gasteiger partial charge in [0.05, 0.1) is 0 Å². The fourth-order valence-electron chi connectivity index (χ4n) is 0.122. The first-order chi connectivity index (χ1) is 4.59. The Hall–Kier alpha value is -0.610. The molecule has 0 radical (unpaired) electrons. The Morgan fingerprint density at radius 2 is 1.80 bits per heavy atom. The van der Waals surface area contributed by atoms with Crippen LogP contribution in [0.4, 0.5) is 0 Å². The predicted molar refractivity (Wildman–Crippen MR) is 40.2 cm³/mol. The van der Waals surface area contributed by atoms with Crippen LogP contribution < -0.4 is 5.84 Å². The molecule has 0 aliphatic rings. The molecule has 0 atom stereocenters. The van der Waals surface area contributed by atoms with Crippen molar-refractivity contribution >= 4 is 6.41 Å². The van der Waals surface area contributed by atoms with E-state index in [0.717, 1.165) is 5.01 Å². The Morgan fingerprint density at radius 1 is 1.50 bits per heavy atom. The molecule has 2 N–H and O–H groups in total. The van der Waals surface area contributed by atoms with Crippen LogP contribution in [0, 0.1) is 0 Å². The third kappa shape index (κ3) is 10.4. The van der Waals surface area contributed by atoms with Crippen LogP contribution in [0.2, 0.25) is 0 Å². The molecule has 0 spiro atoms. The molecule has 62 valence electrons. The van der Waals surface area contributed by atoms with Gasteiger partial charge in [-0.2, -0.15) is 0 Å². The summed E-state index contributed by atoms with van der Waals surface area (Å²) in [4.78, 5) is 9.75. The Morgan fingerprint density at radius 3 is 1.80 bits per heavy atom. The number of carbonyl (C=O) groups is 1. The third-order valence-electron chi connectivity index (χ3n) is 0.718. The normalized spacial score (nSPS) is 8.20. The largest absolute Gasteiger partial charge is 0.388 e. The zero-order valence-corrected chi connectivity index (χ0v) is 7.00. The van der Waals surface area contributed by atoms with Crippen molar-refractivity contribution in [3.63, 3.8) is 0 Å². The van der Waals surface area contributed by atoms with Gasteiger partial charge in [-0.1, -0.05) is 0 Å². The molecule has 10 heavy (non-hydrogen) atoms. The van der Waals surface area contributed by atoms with E-state index in [2.05, 4.69) is 4.74 Å². The number of nitrogens with two attached hydrogens (primary N) is 1. The maximum Gasteiger partial charge on any atom is 0.223 e. The minimum absolute atomic E-state index is 0.109. The van der Waals surface area contributed by atoms with Crippen molar-refractivity contribution in [3.8, 4) is 0 Å². The summed E-state index contributed by atoms with van der Waals surface area (Å²) in [6.45, 7) is 3.68.